The maximum atomic E-state index is 10.8. The van der Waals surface area contributed by atoms with Crippen molar-refractivity contribution in [3.05, 3.63) is 0 Å². The first kappa shape index (κ1) is 7.02. The molecule has 0 aromatic rings. The van der Waals surface area contributed by atoms with Crippen LogP contribution in [0.25, 0.3) is 0 Å². The van der Waals surface area contributed by atoms with Crippen LogP contribution in [0.1, 0.15) is 0 Å². The molecule has 2 N–H and O–H groups in total. The molecule has 2 fully saturated rings. The zero-order chi connectivity index (χ0) is 8.01. The van der Waals surface area contributed by atoms with Gasteiger partial charge in [0.1, 0.15) is 12.2 Å². The zero-order valence-corrected chi connectivity index (χ0v) is 5.64. The molecule has 0 spiro atoms. The van der Waals surface area contributed by atoms with Crippen LogP contribution in [-0.2, 0) is 14.3 Å². The Morgan fingerprint density at radius 3 is 2.82 bits per heavy atom. The molecule has 0 saturated carbocycles. The Kier molecular flexibility index (Phi) is 1.38. The van der Waals surface area contributed by atoms with Crippen molar-refractivity contribution in [2.45, 2.75) is 24.4 Å². The van der Waals surface area contributed by atoms with Crippen molar-refractivity contribution in [3.63, 3.8) is 0 Å². The fourth-order valence-electron chi connectivity index (χ4n) is 1.35. The Morgan fingerprint density at radius 1 is 1.45 bits per heavy atom. The highest BCUT2D eigenvalue weighted by Gasteiger charge is 2.51. The van der Waals surface area contributed by atoms with E-state index in [0.717, 1.165) is 0 Å². The lowest BCUT2D eigenvalue weighted by atomic mass is 10.0. The lowest BCUT2D eigenvalue weighted by Crippen LogP contribution is -2.47. The van der Waals surface area contributed by atoms with Gasteiger partial charge in [0.25, 0.3) is 0 Å². The van der Waals surface area contributed by atoms with E-state index in [2.05, 4.69) is 4.74 Å². The maximum absolute atomic E-state index is 10.8. The van der Waals surface area contributed by atoms with Crippen LogP contribution < -0.4 is 0 Å². The van der Waals surface area contributed by atoms with Gasteiger partial charge in [-0.1, -0.05) is 0 Å². The van der Waals surface area contributed by atoms with E-state index in [0.29, 0.717) is 0 Å². The second-order valence-electron chi connectivity index (χ2n) is 2.71. The summed E-state index contributed by atoms with van der Waals surface area (Å²) >= 11 is 0. The molecule has 0 radical (unpaired) electrons. The van der Waals surface area contributed by atoms with E-state index in [1.165, 1.54) is 0 Å². The third-order valence-electron chi connectivity index (χ3n) is 1.96. The van der Waals surface area contributed by atoms with Crippen molar-refractivity contribution in [2.24, 2.45) is 0 Å². The molecule has 5 heteroatoms. The zero-order valence-electron chi connectivity index (χ0n) is 5.64. The Labute approximate surface area is 62.5 Å². The highest BCUT2D eigenvalue weighted by molar-refractivity contribution is 5.78. The van der Waals surface area contributed by atoms with Gasteiger partial charge in [0.15, 0.2) is 12.2 Å². The summed E-state index contributed by atoms with van der Waals surface area (Å²) < 4.78 is 9.48. The monoisotopic (exact) mass is 160 g/mol. The average molecular weight is 160 g/mol. The van der Waals surface area contributed by atoms with Gasteiger partial charge in [0.2, 0.25) is 0 Å². The molecular weight excluding hydrogens is 152 g/mol. The maximum Gasteiger partial charge on any atom is 0.338 e. The highest BCUT2D eigenvalue weighted by Crippen LogP contribution is 2.26. The summed E-state index contributed by atoms with van der Waals surface area (Å²) in [4.78, 5) is 10.8. The topological polar surface area (TPSA) is 76.0 Å². The normalized spacial score (nSPS) is 49.1. The number of carbonyl (C=O) groups is 1. The summed E-state index contributed by atoms with van der Waals surface area (Å²) in [6.07, 6.45) is -3.58. The fourth-order valence-corrected chi connectivity index (χ4v) is 1.35. The van der Waals surface area contributed by atoms with Gasteiger partial charge in [-0.15, -0.1) is 0 Å². The summed E-state index contributed by atoms with van der Waals surface area (Å²) in [6, 6.07) is 0. The lowest BCUT2D eigenvalue weighted by Gasteiger charge is -2.25. The smallest absolute Gasteiger partial charge is 0.338 e. The molecule has 2 aliphatic heterocycles. The van der Waals surface area contributed by atoms with Gasteiger partial charge in [0.05, 0.1) is 6.61 Å². The molecule has 0 aliphatic carbocycles. The molecule has 2 heterocycles. The summed E-state index contributed by atoms with van der Waals surface area (Å²) in [5.74, 6) is -0.584. The van der Waals surface area contributed by atoms with Gasteiger partial charge < -0.3 is 19.7 Å². The van der Waals surface area contributed by atoms with Gasteiger partial charge in [-0.2, -0.15) is 0 Å². The van der Waals surface area contributed by atoms with Crippen molar-refractivity contribution in [2.75, 3.05) is 6.61 Å². The van der Waals surface area contributed by atoms with E-state index in [4.69, 9.17) is 9.84 Å². The van der Waals surface area contributed by atoms with Crippen molar-refractivity contribution >= 4 is 5.97 Å². The number of aliphatic hydroxyl groups is 2. The molecular formula is C6H8O5. The molecule has 4 atom stereocenters. The molecule has 0 aromatic carbocycles. The van der Waals surface area contributed by atoms with Crippen LogP contribution in [0.15, 0.2) is 0 Å². The Morgan fingerprint density at radius 2 is 2.18 bits per heavy atom. The first-order valence-corrected chi connectivity index (χ1v) is 3.38. The third kappa shape index (κ3) is 0.852. The minimum absolute atomic E-state index is 0.0537. The van der Waals surface area contributed by atoms with Crippen molar-refractivity contribution < 1.29 is 24.5 Å². The largest absolute Gasteiger partial charge is 0.455 e. The molecule has 5 nitrogen and oxygen atoms in total. The lowest BCUT2D eigenvalue weighted by molar-refractivity contribution is -0.146. The molecule has 2 aliphatic rings. The van der Waals surface area contributed by atoms with Gasteiger partial charge in [-0.3, -0.25) is 0 Å². The van der Waals surface area contributed by atoms with Crippen molar-refractivity contribution in [1.82, 2.24) is 0 Å². The molecule has 0 aromatic heterocycles. The van der Waals surface area contributed by atoms with E-state index < -0.39 is 30.4 Å². The molecule has 2 bridgehead atoms. The van der Waals surface area contributed by atoms with Crippen LogP contribution in [0.5, 0.6) is 0 Å². The van der Waals surface area contributed by atoms with Crippen molar-refractivity contribution in [3.8, 4) is 0 Å². The summed E-state index contributed by atoms with van der Waals surface area (Å²) in [5.41, 5.74) is 0. The number of aliphatic hydroxyl groups excluding tert-OH is 2. The first-order chi connectivity index (χ1) is 5.20. The standard InChI is InChI=1S/C6H8O5/c7-2-1-10-5-3(8)4(2)11-6(5)9/h2-5,7-8H,1H2/t2-,3+,4-,5+/m0/s1. The molecule has 0 unspecified atom stereocenters. The molecule has 11 heavy (non-hydrogen) atoms. The summed E-state index contributed by atoms with van der Waals surface area (Å²) in [6.45, 7) is 0.0537. The average Bonchev–Trinajstić information content (AvgIpc) is 2.12. The van der Waals surface area contributed by atoms with Gasteiger partial charge in [-0.25, -0.2) is 4.79 Å². The number of hydrogen-bond donors (Lipinski definition) is 2. The van der Waals surface area contributed by atoms with E-state index in [1.54, 1.807) is 0 Å². The Balaban J connectivity index is 2.23. The van der Waals surface area contributed by atoms with Crippen LogP contribution in [0.4, 0.5) is 0 Å². The number of esters is 1. The Hall–Kier alpha value is -0.650. The summed E-state index contributed by atoms with van der Waals surface area (Å²) in [7, 11) is 0. The molecule has 62 valence electrons. The molecule has 2 saturated heterocycles. The molecule has 0 amide bonds. The SMILES string of the molecule is O=C1O[C@@H]2[C@@H](O)[C@H]1OC[C@@H]2O. The van der Waals surface area contributed by atoms with E-state index >= 15 is 0 Å². The third-order valence-corrected chi connectivity index (χ3v) is 1.96. The second-order valence-corrected chi connectivity index (χ2v) is 2.71. The van der Waals surface area contributed by atoms with Gasteiger partial charge >= 0.3 is 5.97 Å². The number of fused-ring (bicyclic) bond motifs is 2. The van der Waals surface area contributed by atoms with Crippen LogP contribution in [-0.4, -0.2) is 47.2 Å². The van der Waals surface area contributed by atoms with Crippen LogP contribution in [0, 0.1) is 0 Å². The van der Waals surface area contributed by atoms with E-state index in [9.17, 15) is 9.90 Å². The van der Waals surface area contributed by atoms with E-state index in [-0.39, 0.29) is 6.61 Å². The summed E-state index contributed by atoms with van der Waals surface area (Å²) in [5, 5.41) is 18.3. The number of ether oxygens (including phenoxy) is 2. The molecule has 2 rings (SSSR count). The number of carbonyl (C=O) groups excluding carboxylic acids is 1. The second kappa shape index (κ2) is 2.17. The predicted molar refractivity (Wildman–Crippen MR) is 31.6 cm³/mol. The predicted octanol–water partition coefficient (Wildman–Crippen LogP) is -1.97. The van der Waals surface area contributed by atoms with Gasteiger partial charge in [-0.05, 0) is 0 Å². The van der Waals surface area contributed by atoms with Crippen LogP contribution in [0.3, 0.4) is 0 Å². The highest BCUT2D eigenvalue weighted by atomic mass is 16.6. The van der Waals surface area contributed by atoms with Crippen LogP contribution in [0.2, 0.25) is 0 Å². The fraction of sp³-hybridized carbons (Fsp3) is 0.833. The van der Waals surface area contributed by atoms with Crippen LogP contribution >= 0.6 is 0 Å². The first-order valence-electron chi connectivity index (χ1n) is 3.38. The quantitative estimate of drug-likeness (QED) is 0.402. The number of hydrogen-bond acceptors (Lipinski definition) is 5. The van der Waals surface area contributed by atoms with Crippen molar-refractivity contribution in [1.29, 1.82) is 0 Å². The minimum Gasteiger partial charge on any atom is -0.455 e. The van der Waals surface area contributed by atoms with E-state index in [1.807, 2.05) is 0 Å². The minimum atomic E-state index is -1.01. The van der Waals surface area contributed by atoms with Gasteiger partial charge in [0, 0.05) is 0 Å². The Bertz CT molecular complexity index is 191. The number of rotatable bonds is 0.